The highest BCUT2D eigenvalue weighted by molar-refractivity contribution is 5.88. The number of rotatable bonds is 6. The molecule has 1 aromatic carbocycles. The van der Waals surface area contributed by atoms with Crippen molar-refractivity contribution in [3.05, 3.63) is 30.3 Å². The Balaban J connectivity index is 1.92. The predicted molar refractivity (Wildman–Crippen MR) is 104 cm³/mol. The van der Waals surface area contributed by atoms with E-state index in [2.05, 4.69) is 5.32 Å². The van der Waals surface area contributed by atoms with Gasteiger partial charge >= 0.3 is 6.09 Å². The summed E-state index contributed by atoms with van der Waals surface area (Å²) in [6.07, 6.45) is 0.276. The molecule has 3 amide bonds. The number of ether oxygens (including phenoxy) is 2. The molecule has 0 radical (unpaired) electrons. The van der Waals surface area contributed by atoms with Crippen molar-refractivity contribution in [1.29, 1.82) is 0 Å². The van der Waals surface area contributed by atoms with Gasteiger partial charge in [-0.1, -0.05) is 32.0 Å². The largest absolute Gasteiger partial charge is 0.484 e. The molecule has 0 aliphatic carbocycles. The van der Waals surface area contributed by atoms with Crippen molar-refractivity contribution in [3.63, 3.8) is 0 Å². The van der Waals surface area contributed by atoms with E-state index in [4.69, 9.17) is 9.47 Å². The molecule has 28 heavy (non-hydrogen) atoms. The van der Waals surface area contributed by atoms with Crippen molar-refractivity contribution >= 4 is 17.9 Å². The summed E-state index contributed by atoms with van der Waals surface area (Å²) >= 11 is 0. The van der Waals surface area contributed by atoms with Gasteiger partial charge in [-0.25, -0.2) is 4.79 Å². The number of hydrogen-bond acceptors (Lipinski definition) is 5. The van der Waals surface area contributed by atoms with Gasteiger partial charge in [0.1, 0.15) is 11.8 Å². The van der Waals surface area contributed by atoms with Crippen molar-refractivity contribution in [2.75, 3.05) is 39.9 Å². The first-order valence-electron chi connectivity index (χ1n) is 9.51. The van der Waals surface area contributed by atoms with Crippen LogP contribution in [0.2, 0.25) is 0 Å². The van der Waals surface area contributed by atoms with Gasteiger partial charge in [-0.05, 0) is 24.5 Å². The minimum Gasteiger partial charge on any atom is -0.484 e. The molecule has 1 N–H and O–H groups in total. The quantitative estimate of drug-likeness (QED) is 0.794. The monoisotopic (exact) mass is 391 g/mol. The number of methoxy groups -OCH3 is 1. The average Bonchev–Trinajstić information content (AvgIpc) is 2.96. The fourth-order valence-electron chi connectivity index (χ4n) is 3.04. The molecule has 154 valence electrons. The van der Waals surface area contributed by atoms with Crippen LogP contribution in [-0.4, -0.2) is 73.6 Å². The molecule has 8 heteroatoms. The molecule has 1 unspecified atom stereocenters. The lowest BCUT2D eigenvalue weighted by Crippen LogP contribution is -2.53. The zero-order valence-electron chi connectivity index (χ0n) is 16.7. The van der Waals surface area contributed by atoms with Gasteiger partial charge < -0.3 is 24.6 Å². The maximum absolute atomic E-state index is 13.0. The first-order valence-corrected chi connectivity index (χ1v) is 9.51. The number of amides is 3. The molecular formula is C20H29N3O5. The second-order valence-corrected chi connectivity index (χ2v) is 7.03. The lowest BCUT2D eigenvalue weighted by Gasteiger charge is -2.29. The molecule has 0 bridgehead atoms. The first kappa shape index (κ1) is 21.5. The van der Waals surface area contributed by atoms with E-state index in [1.54, 1.807) is 21.9 Å². The molecule has 0 aromatic heterocycles. The van der Waals surface area contributed by atoms with E-state index >= 15 is 0 Å². The van der Waals surface area contributed by atoms with Crippen LogP contribution in [0, 0.1) is 5.92 Å². The Hall–Kier alpha value is -2.77. The zero-order valence-corrected chi connectivity index (χ0v) is 16.7. The first-order chi connectivity index (χ1) is 13.4. The van der Waals surface area contributed by atoms with E-state index in [-0.39, 0.29) is 30.4 Å². The minimum absolute atomic E-state index is 0.0758. The molecular weight excluding hydrogens is 362 g/mol. The van der Waals surface area contributed by atoms with Crippen molar-refractivity contribution in [2.45, 2.75) is 26.3 Å². The summed E-state index contributed by atoms with van der Waals surface area (Å²) < 4.78 is 10.2. The summed E-state index contributed by atoms with van der Waals surface area (Å²) in [4.78, 5) is 40.3. The molecule has 1 aliphatic heterocycles. The van der Waals surface area contributed by atoms with Crippen LogP contribution in [0.25, 0.3) is 0 Å². The van der Waals surface area contributed by atoms with Crippen LogP contribution in [0.1, 0.15) is 20.3 Å². The van der Waals surface area contributed by atoms with Gasteiger partial charge in [0.25, 0.3) is 5.91 Å². The average molecular weight is 391 g/mol. The van der Waals surface area contributed by atoms with E-state index in [1.807, 2.05) is 32.0 Å². The van der Waals surface area contributed by atoms with Gasteiger partial charge in [0.05, 0.1) is 7.11 Å². The Morgan fingerprint density at radius 1 is 1.04 bits per heavy atom. The molecule has 1 aromatic rings. The Morgan fingerprint density at radius 3 is 2.32 bits per heavy atom. The van der Waals surface area contributed by atoms with Gasteiger partial charge in [-0.2, -0.15) is 0 Å². The maximum Gasteiger partial charge on any atom is 0.409 e. The molecule has 1 fully saturated rings. The van der Waals surface area contributed by atoms with E-state index in [1.165, 1.54) is 7.11 Å². The smallest absolute Gasteiger partial charge is 0.409 e. The molecule has 8 nitrogen and oxygen atoms in total. The van der Waals surface area contributed by atoms with Crippen molar-refractivity contribution in [2.24, 2.45) is 5.92 Å². The van der Waals surface area contributed by atoms with Gasteiger partial charge in [-0.15, -0.1) is 0 Å². The van der Waals surface area contributed by atoms with Crippen LogP contribution in [-0.2, 0) is 14.3 Å². The minimum atomic E-state index is -0.642. The van der Waals surface area contributed by atoms with Gasteiger partial charge in [-0.3, -0.25) is 9.59 Å². The van der Waals surface area contributed by atoms with Crippen LogP contribution < -0.4 is 10.1 Å². The molecule has 1 atom stereocenters. The summed E-state index contributed by atoms with van der Waals surface area (Å²) in [6.45, 7) is 5.52. The summed E-state index contributed by atoms with van der Waals surface area (Å²) in [6, 6.07) is 8.40. The van der Waals surface area contributed by atoms with E-state index in [9.17, 15) is 14.4 Å². The summed E-state index contributed by atoms with van der Waals surface area (Å²) in [5.41, 5.74) is 0. The maximum atomic E-state index is 13.0. The molecule has 0 spiro atoms. The second-order valence-electron chi connectivity index (χ2n) is 7.03. The third-order valence-corrected chi connectivity index (χ3v) is 4.60. The molecule has 1 saturated heterocycles. The lowest BCUT2D eigenvalue weighted by atomic mass is 10.0. The number of para-hydroxylation sites is 1. The Morgan fingerprint density at radius 2 is 1.68 bits per heavy atom. The number of hydrogen-bond donors (Lipinski definition) is 1. The number of carbonyl (C=O) groups is 3. The fraction of sp³-hybridized carbons (Fsp3) is 0.550. The fourth-order valence-corrected chi connectivity index (χ4v) is 3.04. The van der Waals surface area contributed by atoms with E-state index in [0.717, 1.165) is 0 Å². The Labute approximate surface area is 165 Å². The summed E-state index contributed by atoms with van der Waals surface area (Å²) in [5, 5.41) is 2.79. The number of carbonyl (C=O) groups excluding carboxylic acids is 3. The van der Waals surface area contributed by atoms with Crippen molar-refractivity contribution in [3.8, 4) is 5.75 Å². The van der Waals surface area contributed by atoms with Gasteiger partial charge in [0.15, 0.2) is 6.61 Å². The molecule has 1 heterocycles. The van der Waals surface area contributed by atoms with E-state index < -0.39 is 6.04 Å². The van der Waals surface area contributed by atoms with Crippen LogP contribution >= 0.6 is 0 Å². The van der Waals surface area contributed by atoms with Crippen LogP contribution in [0.5, 0.6) is 5.75 Å². The second kappa shape index (κ2) is 10.5. The molecule has 1 aliphatic rings. The highest BCUT2D eigenvalue weighted by Crippen LogP contribution is 2.12. The number of nitrogens with zero attached hydrogens (tertiary/aromatic N) is 2. The molecule has 0 saturated carbocycles. The highest BCUT2D eigenvalue weighted by atomic mass is 16.5. The normalized spacial score (nSPS) is 15.6. The third kappa shape index (κ3) is 6.14. The Kier molecular flexibility index (Phi) is 8.10. The summed E-state index contributed by atoms with van der Waals surface area (Å²) in [7, 11) is 1.35. The topological polar surface area (TPSA) is 88.2 Å². The van der Waals surface area contributed by atoms with Crippen molar-refractivity contribution in [1.82, 2.24) is 15.1 Å². The van der Waals surface area contributed by atoms with Gasteiger partial charge in [0.2, 0.25) is 5.91 Å². The molecule has 2 rings (SSSR count). The number of nitrogens with one attached hydrogen (secondary N) is 1. The third-order valence-electron chi connectivity index (χ3n) is 4.60. The van der Waals surface area contributed by atoms with Crippen molar-refractivity contribution < 1.29 is 23.9 Å². The zero-order chi connectivity index (χ0) is 20.5. The lowest BCUT2D eigenvalue weighted by molar-refractivity contribution is -0.138. The van der Waals surface area contributed by atoms with Gasteiger partial charge in [0, 0.05) is 26.2 Å². The standard InChI is InChI=1S/C20H29N3O5/c1-15(2)18(21-17(24)14-28-16-8-5-4-6-9-16)19(25)22-10-7-11-23(13-12-22)20(26)27-3/h4-6,8-9,15,18H,7,10-14H2,1-3H3,(H,21,24). The van der Waals surface area contributed by atoms with Crippen LogP contribution in [0.4, 0.5) is 4.79 Å². The number of benzene rings is 1. The van der Waals surface area contributed by atoms with Crippen LogP contribution in [0.3, 0.4) is 0 Å². The SMILES string of the molecule is COC(=O)N1CCCN(C(=O)C(NC(=O)COc2ccccc2)C(C)C)CC1. The highest BCUT2D eigenvalue weighted by Gasteiger charge is 2.30. The predicted octanol–water partition coefficient (Wildman–Crippen LogP) is 1.51. The van der Waals surface area contributed by atoms with E-state index in [0.29, 0.717) is 38.3 Å². The Bertz CT molecular complexity index is 665. The summed E-state index contributed by atoms with van der Waals surface area (Å²) in [5.74, 6) is 0.0327. The van der Waals surface area contributed by atoms with Crippen LogP contribution in [0.15, 0.2) is 30.3 Å².